The molecule has 2 N–H and O–H groups in total. The van der Waals surface area contributed by atoms with Gasteiger partial charge in [-0.3, -0.25) is 4.84 Å². The van der Waals surface area contributed by atoms with Gasteiger partial charge in [-0.15, -0.1) is 0 Å². The number of benzene rings is 3. The molecule has 32 heavy (non-hydrogen) atoms. The fourth-order valence-electron chi connectivity index (χ4n) is 5.54. The predicted molar refractivity (Wildman–Crippen MR) is 124 cm³/mol. The zero-order valence-electron chi connectivity index (χ0n) is 17.7. The smallest absolute Gasteiger partial charge is 0.316 e. The fourth-order valence-corrected chi connectivity index (χ4v) is 5.54. The summed E-state index contributed by atoms with van der Waals surface area (Å²) in [5.41, 5.74) is 6.03. The van der Waals surface area contributed by atoms with Gasteiger partial charge < -0.3 is 5.32 Å². The lowest BCUT2D eigenvalue weighted by molar-refractivity contribution is 0.00991. The molecule has 2 aliphatic heterocycles. The summed E-state index contributed by atoms with van der Waals surface area (Å²) < 4.78 is 0. The van der Waals surface area contributed by atoms with E-state index in [9.17, 15) is 4.79 Å². The van der Waals surface area contributed by atoms with Crippen molar-refractivity contribution in [1.82, 2.24) is 10.7 Å². The van der Waals surface area contributed by atoms with Crippen molar-refractivity contribution >= 4 is 17.4 Å². The van der Waals surface area contributed by atoms with Crippen LogP contribution in [0.2, 0.25) is 0 Å². The summed E-state index contributed by atoms with van der Waals surface area (Å²) >= 11 is 0. The second-order valence-electron chi connectivity index (χ2n) is 8.76. The second-order valence-corrected chi connectivity index (χ2v) is 8.76. The molecular weight excluding hydrogens is 400 g/mol. The Bertz CT molecular complexity index is 1090. The molecule has 6 nitrogen and oxygen atoms in total. The van der Waals surface area contributed by atoms with Gasteiger partial charge in [-0.05, 0) is 49.1 Å². The molecule has 6 heteroatoms. The van der Waals surface area contributed by atoms with Gasteiger partial charge >= 0.3 is 6.03 Å². The number of nitrogens with one attached hydrogen (secondary N) is 2. The van der Waals surface area contributed by atoms with Gasteiger partial charge in [0.2, 0.25) is 0 Å². The first-order chi connectivity index (χ1) is 15.8. The van der Waals surface area contributed by atoms with E-state index in [1.165, 1.54) is 5.56 Å². The van der Waals surface area contributed by atoms with E-state index in [2.05, 4.69) is 52.2 Å². The van der Waals surface area contributed by atoms with E-state index < -0.39 is 5.66 Å². The van der Waals surface area contributed by atoms with Crippen molar-refractivity contribution in [3.05, 3.63) is 96.6 Å². The maximum absolute atomic E-state index is 13.1. The molecule has 3 fully saturated rings. The number of amides is 2. The first kappa shape index (κ1) is 19.3. The third-order valence-electron chi connectivity index (χ3n) is 6.88. The number of urea groups is 1. The number of hydrazine groups is 1. The Kier molecular flexibility index (Phi) is 4.63. The van der Waals surface area contributed by atoms with Crippen molar-refractivity contribution in [3.8, 4) is 0 Å². The van der Waals surface area contributed by atoms with Gasteiger partial charge in [0, 0.05) is 0 Å². The molecule has 3 aliphatic rings. The summed E-state index contributed by atoms with van der Waals surface area (Å²) in [4.78, 5) is 19.7. The van der Waals surface area contributed by atoms with Gasteiger partial charge in [-0.2, -0.15) is 5.43 Å². The standard InChI is InChI=1S/C26H26N4O2/c31-25-27-26(28-29(25)20-13-6-2-7-14-20)18-10-17-22-23(26)24(19-11-4-1-5-12-19)30(32-22)21-15-8-3-9-16-21/h1-9,11-16,22-24,28H,10,17-18H2,(H,27,31)/t22-,23-,24-,26+/m0/s1. The van der Waals surface area contributed by atoms with E-state index in [-0.39, 0.29) is 24.1 Å². The van der Waals surface area contributed by atoms with Crippen molar-refractivity contribution < 1.29 is 9.63 Å². The highest BCUT2D eigenvalue weighted by molar-refractivity contribution is 5.94. The summed E-state index contributed by atoms with van der Waals surface area (Å²) in [6.07, 6.45) is 2.78. The lowest BCUT2D eigenvalue weighted by atomic mass is 9.72. The SMILES string of the molecule is O=C1N[C@]2(CCC[C@@H]3ON(c4ccccc4)[C@@H](c4ccccc4)[C@H]32)NN1c1ccccc1. The van der Waals surface area contributed by atoms with Crippen LogP contribution in [0, 0.1) is 5.92 Å². The van der Waals surface area contributed by atoms with Crippen LogP contribution in [0.25, 0.3) is 0 Å². The number of fused-ring (bicyclic) bond motifs is 2. The van der Waals surface area contributed by atoms with Crippen LogP contribution >= 0.6 is 0 Å². The number of carbonyl (C=O) groups excluding carboxylic acids is 1. The van der Waals surface area contributed by atoms with Crippen LogP contribution in [0.4, 0.5) is 16.2 Å². The van der Waals surface area contributed by atoms with Crippen molar-refractivity contribution in [2.45, 2.75) is 37.1 Å². The average molecular weight is 427 g/mol. The van der Waals surface area contributed by atoms with E-state index in [0.29, 0.717) is 0 Å². The molecule has 0 radical (unpaired) electrons. The first-order valence-electron chi connectivity index (χ1n) is 11.3. The van der Waals surface area contributed by atoms with Gasteiger partial charge in [0.25, 0.3) is 0 Å². The monoisotopic (exact) mass is 426 g/mol. The summed E-state index contributed by atoms with van der Waals surface area (Å²) in [6.45, 7) is 0. The van der Waals surface area contributed by atoms with Crippen LogP contribution in [0.15, 0.2) is 91.0 Å². The highest BCUT2D eigenvalue weighted by Gasteiger charge is 2.61. The normalized spacial score (nSPS) is 29.2. The highest BCUT2D eigenvalue weighted by Crippen LogP contribution is 2.52. The number of hydrogen-bond donors (Lipinski definition) is 2. The highest BCUT2D eigenvalue weighted by atomic mass is 16.7. The number of nitrogens with zero attached hydrogens (tertiary/aromatic N) is 2. The Labute approximate surface area is 187 Å². The predicted octanol–water partition coefficient (Wildman–Crippen LogP) is 4.78. The number of para-hydroxylation sites is 2. The van der Waals surface area contributed by atoms with Crippen LogP contribution in [-0.4, -0.2) is 17.8 Å². The lowest BCUT2D eigenvalue weighted by Gasteiger charge is -2.43. The van der Waals surface area contributed by atoms with Gasteiger partial charge in [-0.25, -0.2) is 14.9 Å². The van der Waals surface area contributed by atoms with Crippen LogP contribution < -0.4 is 20.8 Å². The van der Waals surface area contributed by atoms with Crippen LogP contribution in [0.1, 0.15) is 30.9 Å². The molecule has 4 atom stereocenters. The fraction of sp³-hybridized carbons (Fsp3) is 0.269. The molecule has 3 aromatic carbocycles. The topological polar surface area (TPSA) is 56.8 Å². The molecule has 0 aromatic heterocycles. The second kappa shape index (κ2) is 7.65. The molecule has 3 aromatic rings. The molecule has 1 spiro atoms. The molecule has 6 rings (SSSR count). The van der Waals surface area contributed by atoms with Crippen molar-refractivity contribution in [2.75, 3.05) is 10.1 Å². The third-order valence-corrected chi connectivity index (χ3v) is 6.88. The number of hydroxylamine groups is 1. The molecule has 2 amide bonds. The Morgan fingerprint density at radius 3 is 2.16 bits per heavy atom. The Balaban J connectivity index is 1.43. The van der Waals surface area contributed by atoms with Gasteiger partial charge in [0.05, 0.1) is 29.4 Å². The quantitative estimate of drug-likeness (QED) is 0.633. The molecule has 162 valence electrons. The Morgan fingerprint density at radius 2 is 1.47 bits per heavy atom. The summed E-state index contributed by atoms with van der Waals surface area (Å²) in [7, 11) is 0. The van der Waals surface area contributed by atoms with Crippen molar-refractivity contribution in [2.24, 2.45) is 5.92 Å². The van der Waals surface area contributed by atoms with E-state index >= 15 is 0 Å². The number of anilines is 2. The molecule has 0 unspecified atom stereocenters. The largest absolute Gasteiger partial charge is 0.338 e. The summed E-state index contributed by atoms with van der Waals surface area (Å²) in [5, 5.41) is 7.03. The zero-order chi connectivity index (χ0) is 21.5. The van der Waals surface area contributed by atoms with Gasteiger partial charge in [0.15, 0.2) is 0 Å². The minimum atomic E-state index is -0.583. The zero-order valence-corrected chi connectivity index (χ0v) is 17.7. The van der Waals surface area contributed by atoms with Crippen LogP contribution in [0.3, 0.4) is 0 Å². The number of rotatable bonds is 3. The Hall–Kier alpha value is -3.35. The maximum Gasteiger partial charge on any atom is 0.338 e. The maximum atomic E-state index is 13.1. The van der Waals surface area contributed by atoms with Crippen molar-refractivity contribution in [1.29, 1.82) is 0 Å². The average Bonchev–Trinajstić information content (AvgIpc) is 3.40. The first-order valence-corrected chi connectivity index (χ1v) is 11.3. The number of carbonyl (C=O) groups is 1. The molecule has 0 bridgehead atoms. The van der Waals surface area contributed by atoms with E-state index in [4.69, 9.17) is 4.84 Å². The van der Waals surface area contributed by atoms with Crippen LogP contribution in [0.5, 0.6) is 0 Å². The van der Waals surface area contributed by atoms with E-state index in [1.54, 1.807) is 5.01 Å². The lowest BCUT2D eigenvalue weighted by Crippen LogP contribution is -2.62. The van der Waals surface area contributed by atoms with E-state index in [1.807, 2.05) is 54.6 Å². The molecule has 2 heterocycles. The van der Waals surface area contributed by atoms with Crippen LogP contribution in [-0.2, 0) is 4.84 Å². The summed E-state index contributed by atoms with van der Waals surface area (Å²) in [5.74, 6) is 0.0384. The minimum absolute atomic E-state index is 0.00214. The van der Waals surface area contributed by atoms with Crippen molar-refractivity contribution in [3.63, 3.8) is 0 Å². The number of hydrogen-bond acceptors (Lipinski definition) is 4. The molecule has 1 saturated carbocycles. The summed E-state index contributed by atoms with van der Waals surface area (Å²) in [6, 6.07) is 30.3. The minimum Gasteiger partial charge on any atom is -0.316 e. The van der Waals surface area contributed by atoms with Gasteiger partial charge in [-0.1, -0.05) is 66.7 Å². The molecule has 2 saturated heterocycles. The Morgan fingerprint density at radius 1 is 0.844 bits per heavy atom. The molecular formula is C26H26N4O2. The third kappa shape index (κ3) is 3.06. The van der Waals surface area contributed by atoms with Gasteiger partial charge in [0.1, 0.15) is 5.66 Å². The van der Waals surface area contributed by atoms with E-state index in [0.717, 1.165) is 30.6 Å². The molecule has 1 aliphatic carbocycles.